The van der Waals surface area contributed by atoms with E-state index in [4.69, 9.17) is 4.74 Å². The van der Waals surface area contributed by atoms with Crippen LogP contribution in [0.3, 0.4) is 0 Å². The lowest BCUT2D eigenvalue weighted by atomic mass is 9.97. The molecule has 0 aromatic heterocycles. The molecule has 2 aromatic rings. The van der Waals surface area contributed by atoms with Crippen LogP contribution in [0, 0.1) is 25.7 Å². The van der Waals surface area contributed by atoms with Crippen LogP contribution in [0.1, 0.15) is 50.3 Å². The summed E-state index contributed by atoms with van der Waals surface area (Å²) in [5.74, 6) is 1.20. The normalized spacial score (nSPS) is 19.2. The lowest BCUT2D eigenvalue weighted by molar-refractivity contribution is -0.120. The number of nitrogens with zero attached hydrogens (tertiary/aromatic N) is 2. The summed E-state index contributed by atoms with van der Waals surface area (Å²) in [6.45, 7) is 12.6. The molecule has 0 aliphatic carbocycles. The Morgan fingerprint density at radius 3 is 2.27 bits per heavy atom. The van der Waals surface area contributed by atoms with E-state index in [2.05, 4.69) is 25.7 Å². The minimum Gasteiger partial charge on any atom is -0.493 e. The summed E-state index contributed by atoms with van der Waals surface area (Å²) < 4.78 is 5.82. The first-order chi connectivity index (χ1) is 15.7. The molecule has 174 valence electrons. The van der Waals surface area contributed by atoms with Gasteiger partial charge in [-0.15, -0.1) is 0 Å². The third-order valence-electron chi connectivity index (χ3n) is 6.22. The SMILES string of the molecule is Cc1cc(C)cc(N2C(=O)C(c3ccc(OCC(C)C)cc3)=C(N3CCCC(C)C3)C2=O)c1. The number of imide groups is 1. The van der Waals surface area contributed by atoms with E-state index in [1.807, 2.05) is 56.3 Å². The van der Waals surface area contributed by atoms with E-state index in [-0.39, 0.29) is 11.8 Å². The van der Waals surface area contributed by atoms with Gasteiger partial charge in [-0.1, -0.05) is 39.0 Å². The quantitative estimate of drug-likeness (QED) is 0.561. The van der Waals surface area contributed by atoms with Crippen molar-refractivity contribution in [2.45, 2.75) is 47.5 Å². The number of likely N-dealkylation sites (tertiary alicyclic amines) is 1. The number of carbonyl (C=O) groups is 2. The van der Waals surface area contributed by atoms with Gasteiger partial charge in [0.1, 0.15) is 11.4 Å². The third kappa shape index (κ3) is 4.82. The van der Waals surface area contributed by atoms with Gasteiger partial charge in [0, 0.05) is 13.1 Å². The maximum absolute atomic E-state index is 13.8. The monoisotopic (exact) mass is 446 g/mol. The first-order valence-electron chi connectivity index (χ1n) is 11.9. The highest BCUT2D eigenvalue weighted by Crippen LogP contribution is 2.37. The van der Waals surface area contributed by atoms with Crippen molar-refractivity contribution in [3.8, 4) is 5.75 Å². The second-order valence-corrected chi connectivity index (χ2v) is 9.94. The van der Waals surface area contributed by atoms with E-state index in [0.717, 1.165) is 48.4 Å². The molecule has 4 rings (SSSR count). The summed E-state index contributed by atoms with van der Waals surface area (Å²) in [6.07, 6.45) is 2.16. The standard InChI is InChI=1S/C28H34N2O3/c1-18(2)17-33-24-10-8-22(9-11-24)25-26(29-12-6-7-19(3)16-29)28(32)30(27(25)31)23-14-20(4)13-21(5)15-23/h8-11,13-15,18-19H,6-7,12,16-17H2,1-5H3. The lowest BCUT2D eigenvalue weighted by Crippen LogP contribution is -2.39. The van der Waals surface area contributed by atoms with E-state index in [1.54, 1.807) is 0 Å². The number of hydrogen-bond donors (Lipinski definition) is 0. The molecule has 5 nitrogen and oxygen atoms in total. The zero-order valence-electron chi connectivity index (χ0n) is 20.4. The lowest BCUT2D eigenvalue weighted by Gasteiger charge is -2.33. The Balaban J connectivity index is 1.75. The molecule has 1 saturated heterocycles. The molecule has 0 bridgehead atoms. The Bertz CT molecular complexity index is 1060. The molecule has 2 aliphatic rings. The molecule has 5 heteroatoms. The number of hydrogen-bond acceptors (Lipinski definition) is 4. The largest absolute Gasteiger partial charge is 0.493 e. The molecule has 2 heterocycles. The number of ether oxygens (including phenoxy) is 1. The predicted octanol–water partition coefficient (Wildman–Crippen LogP) is 5.35. The van der Waals surface area contributed by atoms with Gasteiger partial charge in [-0.05, 0) is 79.5 Å². The number of aryl methyl sites for hydroxylation is 2. The Hall–Kier alpha value is -3.08. The van der Waals surface area contributed by atoms with Crippen LogP contribution in [0.5, 0.6) is 5.75 Å². The molecule has 0 N–H and O–H groups in total. The highest BCUT2D eigenvalue weighted by Gasteiger charge is 2.43. The number of amides is 2. The van der Waals surface area contributed by atoms with Crippen LogP contribution < -0.4 is 9.64 Å². The van der Waals surface area contributed by atoms with Gasteiger partial charge in [0.25, 0.3) is 11.8 Å². The van der Waals surface area contributed by atoms with Crippen molar-refractivity contribution in [3.63, 3.8) is 0 Å². The minimum absolute atomic E-state index is 0.228. The Morgan fingerprint density at radius 2 is 1.67 bits per heavy atom. The number of rotatable bonds is 6. The topological polar surface area (TPSA) is 49.9 Å². The smallest absolute Gasteiger partial charge is 0.282 e. The zero-order valence-corrected chi connectivity index (χ0v) is 20.4. The molecule has 0 radical (unpaired) electrons. The molecule has 2 aromatic carbocycles. The van der Waals surface area contributed by atoms with Crippen LogP contribution in [0.4, 0.5) is 5.69 Å². The molecule has 2 amide bonds. The second kappa shape index (κ2) is 9.42. The highest BCUT2D eigenvalue weighted by atomic mass is 16.5. The average Bonchev–Trinajstić information content (AvgIpc) is 3.02. The van der Waals surface area contributed by atoms with Crippen LogP contribution in [-0.4, -0.2) is 36.4 Å². The van der Waals surface area contributed by atoms with E-state index >= 15 is 0 Å². The van der Waals surface area contributed by atoms with Crippen LogP contribution >= 0.6 is 0 Å². The summed E-state index contributed by atoms with van der Waals surface area (Å²) >= 11 is 0. The molecule has 0 saturated carbocycles. The van der Waals surface area contributed by atoms with Crippen molar-refractivity contribution in [2.24, 2.45) is 11.8 Å². The fourth-order valence-electron chi connectivity index (χ4n) is 4.76. The molecule has 1 unspecified atom stereocenters. The first-order valence-corrected chi connectivity index (χ1v) is 11.9. The molecule has 2 aliphatic heterocycles. The van der Waals surface area contributed by atoms with Gasteiger partial charge in [0.15, 0.2) is 0 Å². The molecule has 0 spiro atoms. The molecular weight excluding hydrogens is 412 g/mol. The van der Waals surface area contributed by atoms with E-state index in [0.29, 0.717) is 35.4 Å². The van der Waals surface area contributed by atoms with E-state index in [9.17, 15) is 9.59 Å². The third-order valence-corrected chi connectivity index (χ3v) is 6.22. The van der Waals surface area contributed by atoms with Crippen LogP contribution in [0.15, 0.2) is 48.2 Å². The number of benzene rings is 2. The predicted molar refractivity (Wildman–Crippen MR) is 132 cm³/mol. The van der Waals surface area contributed by atoms with Gasteiger partial charge in [-0.3, -0.25) is 9.59 Å². The van der Waals surface area contributed by atoms with Crippen molar-refractivity contribution >= 4 is 23.1 Å². The van der Waals surface area contributed by atoms with Crippen molar-refractivity contribution in [1.29, 1.82) is 0 Å². The van der Waals surface area contributed by atoms with Crippen molar-refractivity contribution in [3.05, 3.63) is 64.9 Å². The van der Waals surface area contributed by atoms with Gasteiger partial charge in [-0.25, -0.2) is 4.90 Å². The zero-order chi connectivity index (χ0) is 23.7. The second-order valence-electron chi connectivity index (χ2n) is 9.94. The summed E-state index contributed by atoms with van der Waals surface area (Å²) in [5.41, 5.74) is 4.46. The van der Waals surface area contributed by atoms with Gasteiger partial charge in [0.2, 0.25) is 0 Å². The number of anilines is 1. The van der Waals surface area contributed by atoms with Crippen molar-refractivity contribution < 1.29 is 14.3 Å². The minimum atomic E-state index is -0.255. The molecule has 1 fully saturated rings. The molecule has 33 heavy (non-hydrogen) atoms. The van der Waals surface area contributed by atoms with Crippen molar-refractivity contribution in [2.75, 3.05) is 24.6 Å². The Labute approximate surface area is 197 Å². The number of carbonyl (C=O) groups excluding carboxylic acids is 2. The summed E-state index contributed by atoms with van der Waals surface area (Å²) in [7, 11) is 0. The maximum Gasteiger partial charge on any atom is 0.282 e. The molecule has 1 atom stereocenters. The first kappa shape index (κ1) is 23.1. The summed E-state index contributed by atoms with van der Waals surface area (Å²) in [5, 5.41) is 0. The molecular formula is C28H34N2O3. The van der Waals surface area contributed by atoms with E-state index in [1.165, 1.54) is 4.90 Å². The summed E-state index contributed by atoms with van der Waals surface area (Å²) in [6, 6.07) is 13.4. The van der Waals surface area contributed by atoms with E-state index < -0.39 is 0 Å². The Kier molecular flexibility index (Phi) is 6.59. The maximum atomic E-state index is 13.8. The van der Waals surface area contributed by atoms with Gasteiger partial charge >= 0.3 is 0 Å². The number of piperidine rings is 1. The Morgan fingerprint density at radius 1 is 1.00 bits per heavy atom. The van der Waals surface area contributed by atoms with Crippen LogP contribution in [-0.2, 0) is 9.59 Å². The van der Waals surface area contributed by atoms with Crippen LogP contribution in [0.2, 0.25) is 0 Å². The van der Waals surface area contributed by atoms with Gasteiger partial charge in [0.05, 0.1) is 17.9 Å². The average molecular weight is 447 g/mol. The summed E-state index contributed by atoms with van der Waals surface area (Å²) in [4.78, 5) is 31.0. The fourth-order valence-corrected chi connectivity index (χ4v) is 4.76. The van der Waals surface area contributed by atoms with Gasteiger partial charge in [-0.2, -0.15) is 0 Å². The van der Waals surface area contributed by atoms with Gasteiger partial charge < -0.3 is 9.64 Å². The van der Waals surface area contributed by atoms with Crippen LogP contribution in [0.25, 0.3) is 5.57 Å². The highest BCUT2D eigenvalue weighted by molar-refractivity contribution is 6.45. The van der Waals surface area contributed by atoms with Crippen molar-refractivity contribution in [1.82, 2.24) is 4.90 Å². The fraction of sp³-hybridized carbons (Fsp3) is 0.429.